The normalized spacial score (nSPS) is 10.5. The molecule has 0 aliphatic rings. The predicted octanol–water partition coefficient (Wildman–Crippen LogP) is 2.59. The number of hydrogen-bond donors (Lipinski definition) is 2. The first-order valence-electron chi connectivity index (χ1n) is 4.99. The van der Waals surface area contributed by atoms with Crippen LogP contribution in [0.2, 0.25) is 0 Å². The lowest BCUT2D eigenvalue weighted by atomic mass is 10.1. The summed E-state index contributed by atoms with van der Waals surface area (Å²) in [6.45, 7) is 3.89. The summed E-state index contributed by atoms with van der Waals surface area (Å²) in [4.78, 5) is 1.09. The van der Waals surface area contributed by atoms with E-state index >= 15 is 0 Å². The smallest absolute Gasteiger partial charge is 0.179 e. The number of nitrogen functional groups attached to an aromatic ring is 1. The Hall–Kier alpha value is -1.40. The Morgan fingerprint density at radius 3 is 2.65 bits per heavy atom. The Kier molecular flexibility index (Phi) is 3.44. The van der Waals surface area contributed by atoms with Gasteiger partial charge in [0.05, 0.1) is 0 Å². The van der Waals surface area contributed by atoms with Gasteiger partial charge < -0.3 is 5.73 Å². The summed E-state index contributed by atoms with van der Waals surface area (Å²) >= 11 is 3.15. The van der Waals surface area contributed by atoms with E-state index in [9.17, 15) is 0 Å². The van der Waals surface area contributed by atoms with E-state index in [4.69, 9.17) is 11.1 Å². The van der Waals surface area contributed by atoms with Gasteiger partial charge >= 0.3 is 0 Å². The number of nitrogens with zero attached hydrogens (tertiary/aromatic N) is 2. The Labute approximate surface area is 108 Å². The number of amidine groups is 1. The number of aryl methyl sites for hydroxylation is 2. The molecule has 0 saturated heterocycles. The van der Waals surface area contributed by atoms with Crippen LogP contribution in [0.4, 0.5) is 0 Å². The monoisotopic (exact) mass is 264 g/mol. The van der Waals surface area contributed by atoms with E-state index in [2.05, 4.69) is 10.2 Å². The molecule has 1 heterocycles. The van der Waals surface area contributed by atoms with Gasteiger partial charge in [-0.3, -0.25) is 5.41 Å². The second-order valence-corrected chi connectivity index (χ2v) is 6.08. The predicted molar refractivity (Wildman–Crippen MR) is 71.0 cm³/mol. The molecule has 2 aromatic rings. The molecule has 88 valence electrons. The molecule has 0 bridgehead atoms. The largest absolute Gasteiger partial charge is 0.384 e. The maximum Gasteiger partial charge on any atom is 0.179 e. The molecule has 1 aromatic carbocycles. The molecule has 1 aromatic heterocycles. The average Bonchev–Trinajstić information content (AvgIpc) is 2.63. The lowest BCUT2D eigenvalue weighted by Crippen LogP contribution is -2.12. The Balaban J connectivity index is 2.23. The minimum absolute atomic E-state index is 0.103. The first-order valence-corrected chi connectivity index (χ1v) is 6.62. The van der Waals surface area contributed by atoms with Crippen LogP contribution in [0, 0.1) is 19.3 Å². The highest BCUT2D eigenvalue weighted by atomic mass is 32.2. The molecule has 17 heavy (non-hydrogen) atoms. The van der Waals surface area contributed by atoms with Crippen molar-refractivity contribution in [3.63, 3.8) is 0 Å². The van der Waals surface area contributed by atoms with Gasteiger partial charge in [0.1, 0.15) is 10.8 Å². The molecule has 0 fully saturated rings. The maximum atomic E-state index is 7.42. The van der Waals surface area contributed by atoms with E-state index in [0.717, 1.165) is 25.4 Å². The molecule has 6 heteroatoms. The minimum atomic E-state index is 0.103. The van der Waals surface area contributed by atoms with Crippen LogP contribution < -0.4 is 5.73 Å². The van der Waals surface area contributed by atoms with Crippen LogP contribution in [-0.2, 0) is 0 Å². The third-order valence-corrected chi connectivity index (χ3v) is 4.08. The van der Waals surface area contributed by atoms with Crippen LogP contribution >= 0.6 is 23.1 Å². The van der Waals surface area contributed by atoms with Gasteiger partial charge in [-0.25, -0.2) is 0 Å². The standard InChI is InChI=1S/C11H12N4S2/c1-6-5-8(3-4-9(6)10(12)13)17-11-15-14-7(2)16-11/h3-5H,1-2H3,(H3,12,13). The number of nitrogens with two attached hydrogens (primary N) is 1. The van der Waals surface area contributed by atoms with Gasteiger partial charge in [0, 0.05) is 10.5 Å². The fourth-order valence-electron chi connectivity index (χ4n) is 1.42. The van der Waals surface area contributed by atoms with E-state index < -0.39 is 0 Å². The Bertz CT molecular complexity index is 562. The van der Waals surface area contributed by atoms with E-state index in [-0.39, 0.29) is 5.84 Å². The van der Waals surface area contributed by atoms with Gasteiger partial charge in [-0.15, -0.1) is 10.2 Å². The number of rotatable bonds is 3. The molecule has 0 aliphatic heterocycles. The summed E-state index contributed by atoms with van der Waals surface area (Å²) in [6, 6.07) is 5.83. The van der Waals surface area contributed by atoms with Crippen molar-refractivity contribution in [3.8, 4) is 0 Å². The first kappa shape index (κ1) is 12.1. The van der Waals surface area contributed by atoms with Gasteiger partial charge in [0.25, 0.3) is 0 Å². The highest BCUT2D eigenvalue weighted by molar-refractivity contribution is 8.01. The summed E-state index contributed by atoms with van der Waals surface area (Å²) in [6.07, 6.45) is 0. The molecule has 0 spiro atoms. The SMILES string of the molecule is Cc1nnc(Sc2ccc(C(=N)N)c(C)c2)s1. The van der Waals surface area contributed by atoms with Gasteiger partial charge in [-0.2, -0.15) is 0 Å². The van der Waals surface area contributed by atoms with Crippen molar-refractivity contribution in [3.05, 3.63) is 34.3 Å². The van der Waals surface area contributed by atoms with Crippen molar-refractivity contribution >= 4 is 28.9 Å². The summed E-state index contributed by atoms with van der Waals surface area (Å²) in [5.74, 6) is 0.103. The molecule has 0 amide bonds. The molecule has 0 unspecified atom stereocenters. The number of benzene rings is 1. The zero-order valence-electron chi connectivity index (χ0n) is 9.52. The van der Waals surface area contributed by atoms with Crippen LogP contribution in [-0.4, -0.2) is 16.0 Å². The zero-order valence-corrected chi connectivity index (χ0v) is 11.2. The molecule has 3 N–H and O–H groups in total. The van der Waals surface area contributed by atoms with E-state index in [0.29, 0.717) is 0 Å². The lowest BCUT2D eigenvalue weighted by molar-refractivity contribution is 0.984. The highest BCUT2D eigenvalue weighted by Crippen LogP contribution is 2.30. The van der Waals surface area contributed by atoms with Crippen LogP contribution in [0.3, 0.4) is 0 Å². The van der Waals surface area contributed by atoms with Crippen molar-refractivity contribution < 1.29 is 0 Å². The molecule has 4 nitrogen and oxygen atoms in total. The Morgan fingerprint density at radius 1 is 1.35 bits per heavy atom. The number of aromatic nitrogens is 2. The maximum absolute atomic E-state index is 7.42. The Morgan fingerprint density at radius 2 is 2.12 bits per heavy atom. The van der Waals surface area contributed by atoms with Crippen molar-refractivity contribution in [2.24, 2.45) is 5.73 Å². The molecule has 0 atom stereocenters. The second kappa shape index (κ2) is 4.85. The van der Waals surface area contributed by atoms with Gasteiger partial charge in [0.15, 0.2) is 4.34 Å². The highest BCUT2D eigenvalue weighted by Gasteiger charge is 2.06. The van der Waals surface area contributed by atoms with Crippen LogP contribution in [0.25, 0.3) is 0 Å². The fraction of sp³-hybridized carbons (Fsp3) is 0.182. The first-order chi connectivity index (χ1) is 8.06. The summed E-state index contributed by atoms with van der Waals surface area (Å²) < 4.78 is 0.928. The van der Waals surface area contributed by atoms with Crippen molar-refractivity contribution in [2.75, 3.05) is 0 Å². The summed E-state index contributed by atoms with van der Waals surface area (Å²) in [5.41, 5.74) is 7.26. The molecule has 0 aliphatic carbocycles. The van der Waals surface area contributed by atoms with E-state index in [1.807, 2.05) is 32.0 Å². The van der Waals surface area contributed by atoms with Crippen molar-refractivity contribution in [1.29, 1.82) is 5.41 Å². The van der Waals surface area contributed by atoms with E-state index in [1.165, 1.54) is 0 Å². The third-order valence-electron chi connectivity index (χ3n) is 2.20. The number of hydrogen-bond acceptors (Lipinski definition) is 5. The van der Waals surface area contributed by atoms with Gasteiger partial charge in [0.2, 0.25) is 0 Å². The molecule has 0 saturated carbocycles. The molecular formula is C11H12N4S2. The van der Waals surface area contributed by atoms with Crippen molar-refractivity contribution in [2.45, 2.75) is 23.1 Å². The molecule has 2 rings (SSSR count). The van der Waals surface area contributed by atoms with Crippen LogP contribution in [0.5, 0.6) is 0 Å². The van der Waals surface area contributed by atoms with E-state index in [1.54, 1.807) is 23.1 Å². The van der Waals surface area contributed by atoms with Crippen molar-refractivity contribution in [1.82, 2.24) is 10.2 Å². The number of nitrogens with one attached hydrogen (secondary N) is 1. The molecular weight excluding hydrogens is 252 g/mol. The average molecular weight is 264 g/mol. The topological polar surface area (TPSA) is 75.7 Å². The summed E-state index contributed by atoms with van der Waals surface area (Å²) in [7, 11) is 0. The van der Waals surface area contributed by atoms with Gasteiger partial charge in [-0.05, 0) is 37.6 Å². The summed E-state index contributed by atoms with van der Waals surface area (Å²) in [5, 5.41) is 16.4. The zero-order chi connectivity index (χ0) is 12.4. The minimum Gasteiger partial charge on any atom is -0.384 e. The second-order valence-electron chi connectivity index (χ2n) is 3.58. The molecule has 0 radical (unpaired) electrons. The van der Waals surface area contributed by atoms with Crippen LogP contribution in [0.15, 0.2) is 27.4 Å². The van der Waals surface area contributed by atoms with Gasteiger partial charge in [-0.1, -0.05) is 23.1 Å². The fourth-order valence-corrected chi connectivity index (χ4v) is 3.31. The lowest BCUT2D eigenvalue weighted by Gasteiger charge is -2.05. The van der Waals surface area contributed by atoms with Crippen LogP contribution in [0.1, 0.15) is 16.1 Å². The third kappa shape index (κ3) is 2.83. The quantitative estimate of drug-likeness (QED) is 0.660.